The van der Waals surface area contributed by atoms with Crippen molar-refractivity contribution in [1.82, 2.24) is 0 Å². The number of aryl methyl sites for hydroxylation is 2. The molecule has 1 aliphatic rings. The molecule has 0 spiro atoms. The predicted molar refractivity (Wildman–Crippen MR) is 52.5 cm³/mol. The van der Waals surface area contributed by atoms with E-state index in [2.05, 4.69) is 17.3 Å². The fourth-order valence-corrected chi connectivity index (χ4v) is 1.85. The first kappa shape index (κ1) is 8.30. The van der Waals surface area contributed by atoms with Crippen molar-refractivity contribution in [3.63, 3.8) is 0 Å². The Morgan fingerprint density at radius 3 is 2.85 bits per heavy atom. The van der Waals surface area contributed by atoms with Crippen LogP contribution in [0, 0.1) is 0 Å². The lowest BCUT2D eigenvalue weighted by molar-refractivity contribution is 0.319. The largest absolute Gasteiger partial charge is 0.411 e. The Morgan fingerprint density at radius 1 is 1.31 bits per heavy atom. The molecule has 1 N–H and O–H groups in total. The molecule has 1 aromatic carbocycles. The van der Waals surface area contributed by atoms with Gasteiger partial charge in [-0.05, 0) is 48.9 Å². The molecule has 0 radical (unpaired) electrons. The second-order valence-electron chi connectivity index (χ2n) is 3.52. The van der Waals surface area contributed by atoms with E-state index in [0.717, 1.165) is 5.56 Å². The van der Waals surface area contributed by atoms with Gasteiger partial charge in [0.1, 0.15) is 0 Å². The van der Waals surface area contributed by atoms with E-state index in [4.69, 9.17) is 5.21 Å². The number of fused-ring (bicyclic) bond motifs is 1. The van der Waals surface area contributed by atoms with Crippen molar-refractivity contribution in [2.75, 3.05) is 0 Å². The van der Waals surface area contributed by atoms with Gasteiger partial charge in [-0.15, -0.1) is 0 Å². The number of oxime groups is 1. The second-order valence-corrected chi connectivity index (χ2v) is 3.52. The molecule has 0 aliphatic heterocycles. The lowest BCUT2D eigenvalue weighted by Crippen LogP contribution is -1.95. The summed E-state index contributed by atoms with van der Waals surface area (Å²) in [6.07, 6.45) is 3.63. The van der Waals surface area contributed by atoms with Crippen LogP contribution < -0.4 is 0 Å². The van der Waals surface area contributed by atoms with E-state index in [-0.39, 0.29) is 0 Å². The van der Waals surface area contributed by atoms with E-state index in [9.17, 15) is 0 Å². The van der Waals surface area contributed by atoms with Crippen LogP contribution >= 0.6 is 0 Å². The fraction of sp³-hybridized carbons (Fsp3) is 0.364. The minimum absolute atomic E-state index is 0.690. The first-order chi connectivity index (χ1) is 6.31. The molecule has 0 amide bonds. The average Bonchev–Trinajstić information content (AvgIpc) is 2.63. The van der Waals surface area contributed by atoms with Crippen LogP contribution in [0.2, 0.25) is 0 Å². The van der Waals surface area contributed by atoms with Crippen LogP contribution in [-0.2, 0) is 12.8 Å². The van der Waals surface area contributed by atoms with Crippen LogP contribution in [0.1, 0.15) is 30.0 Å². The monoisotopic (exact) mass is 175 g/mol. The van der Waals surface area contributed by atoms with Gasteiger partial charge in [-0.1, -0.05) is 17.3 Å². The summed E-state index contributed by atoms with van der Waals surface area (Å²) < 4.78 is 0. The minimum atomic E-state index is 0.690. The van der Waals surface area contributed by atoms with Crippen molar-refractivity contribution < 1.29 is 5.21 Å². The lowest BCUT2D eigenvalue weighted by Gasteiger charge is -2.02. The molecule has 2 rings (SSSR count). The first-order valence-electron chi connectivity index (χ1n) is 4.62. The van der Waals surface area contributed by atoms with E-state index in [0.29, 0.717) is 5.71 Å². The molecule has 2 heteroatoms. The van der Waals surface area contributed by atoms with Crippen LogP contribution in [0.15, 0.2) is 23.4 Å². The van der Waals surface area contributed by atoms with Crippen molar-refractivity contribution in [3.05, 3.63) is 34.9 Å². The maximum atomic E-state index is 8.62. The number of nitrogens with zero attached hydrogens (tertiary/aromatic N) is 1. The van der Waals surface area contributed by atoms with Gasteiger partial charge in [0.15, 0.2) is 0 Å². The summed E-state index contributed by atoms with van der Waals surface area (Å²) in [4.78, 5) is 0. The van der Waals surface area contributed by atoms with Crippen LogP contribution in [0.4, 0.5) is 0 Å². The number of hydrogen-bond donors (Lipinski definition) is 1. The van der Waals surface area contributed by atoms with Gasteiger partial charge in [-0.2, -0.15) is 0 Å². The zero-order valence-electron chi connectivity index (χ0n) is 7.75. The summed E-state index contributed by atoms with van der Waals surface area (Å²) in [6, 6.07) is 6.31. The molecule has 0 fully saturated rings. The highest BCUT2D eigenvalue weighted by Crippen LogP contribution is 2.22. The highest BCUT2D eigenvalue weighted by molar-refractivity contribution is 5.98. The third-order valence-electron chi connectivity index (χ3n) is 2.67. The Hall–Kier alpha value is -1.31. The van der Waals surface area contributed by atoms with Crippen molar-refractivity contribution in [1.29, 1.82) is 0 Å². The van der Waals surface area contributed by atoms with Crippen molar-refractivity contribution in [3.8, 4) is 0 Å². The van der Waals surface area contributed by atoms with Gasteiger partial charge in [-0.3, -0.25) is 0 Å². The molecule has 0 aromatic heterocycles. The topological polar surface area (TPSA) is 32.6 Å². The van der Waals surface area contributed by atoms with E-state index in [1.165, 1.54) is 30.4 Å². The molecule has 0 heterocycles. The molecule has 0 saturated carbocycles. The molecule has 0 atom stereocenters. The van der Waals surface area contributed by atoms with Gasteiger partial charge < -0.3 is 5.21 Å². The Labute approximate surface area is 77.9 Å². The first-order valence-corrected chi connectivity index (χ1v) is 4.62. The molecule has 0 bridgehead atoms. The van der Waals surface area contributed by atoms with Crippen LogP contribution in [0.25, 0.3) is 0 Å². The Kier molecular flexibility index (Phi) is 2.05. The van der Waals surface area contributed by atoms with E-state index < -0.39 is 0 Å². The predicted octanol–water partition coefficient (Wildman–Crippen LogP) is 2.37. The van der Waals surface area contributed by atoms with Crippen molar-refractivity contribution in [2.24, 2.45) is 5.16 Å². The average molecular weight is 175 g/mol. The summed E-state index contributed by atoms with van der Waals surface area (Å²) >= 11 is 0. The standard InChI is InChI=1S/C11H13NO/c1-8(12-13)10-6-5-9-3-2-4-11(9)7-10/h5-7,13H,2-4H2,1H3. The third kappa shape index (κ3) is 1.44. The summed E-state index contributed by atoms with van der Waals surface area (Å²) in [5.41, 5.74) is 4.59. The van der Waals surface area contributed by atoms with Crippen LogP contribution in [0.5, 0.6) is 0 Å². The van der Waals surface area contributed by atoms with Crippen molar-refractivity contribution >= 4 is 5.71 Å². The molecule has 0 saturated heterocycles. The van der Waals surface area contributed by atoms with Crippen LogP contribution in [0.3, 0.4) is 0 Å². The molecular weight excluding hydrogens is 162 g/mol. The Balaban J connectivity index is 2.41. The molecular formula is C11H13NO. The van der Waals surface area contributed by atoms with Gasteiger partial charge in [0.05, 0.1) is 5.71 Å². The highest BCUT2D eigenvalue weighted by atomic mass is 16.4. The van der Waals surface area contributed by atoms with Gasteiger partial charge in [-0.25, -0.2) is 0 Å². The molecule has 13 heavy (non-hydrogen) atoms. The number of benzene rings is 1. The van der Waals surface area contributed by atoms with Gasteiger partial charge >= 0.3 is 0 Å². The Bertz CT molecular complexity index is 355. The Morgan fingerprint density at radius 2 is 2.08 bits per heavy atom. The summed E-state index contributed by atoms with van der Waals surface area (Å²) in [7, 11) is 0. The molecule has 0 unspecified atom stereocenters. The molecule has 68 valence electrons. The van der Waals surface area contributed by atoms with Gasteiger partial charge in [0, 0.05) is 0 Å². The van der Waals surface area contributed by atoms with Crippen LogP contribution in [-0.4, -0.2) is 10.9 Å². The summed E-state index contributed by atoms with van der Waals surface area (Å²) in [5.74, 6) is 0. The van der Waals surface area contributed by atoms with E-state index in [1.54, 1.807) is 0 Å². The zero-order valence-corrected chi connectivity index (χ0v) is 7.75. The number of hydrogen-bond acceptors (Lipinski definition) is 2. The lowest BCUT2D eigenvalue weighted by atomic mass is 10.0. The van der Waals surface area contributed by atoms with Gasteiger partial charge in [0.25, 0.3) is 0 Å². The highest BCUT2D eigenvalue weighted by Gasteiger charge is 2.11. The van der Waals surface area contributed by atoms with E-state index >= 15 is 0 Å². The smallest absolute Gasteiger partial charge is 0.0837 e. The zero-order chi connectivity index (χ0) is 9.26. The van der Waals surface area contributed by atoms with E-state index in [1.807, 2.05) is 13.0 Å². The normalized spacial score (nSPS) is 15.9. The molecule has 1 aromatic rings. The quantitative estimate of drug-likeness (QED) is 0.396. The van der Waals surface area contributed by atoms with Crippen molar-refractivity contribution in [2.45, 2.75) is 26.2 Å². The SMILES string of the molecule is CC(=NO)c1ccc2c(c1)CCC2. The molecule has 1 aliphatic carbocycles. The third-order valence-corrected chi connectivity index (χ3v) is 2.67. The number of rotatable bonds is 1. The summed E-state index contributed by atoms with van der Waals surface area (Å²) in [5, 5.41) is 11.8. The maximum Gasteiger partial charge on any atom is 0.0837 e. The summed E-state index contributed by atoms with van der Waals surface area (Å²) in [6.45, 7) is 1.82. The maximum absolute atomic E-state index is 8.62. The fourth-order valence-electron chi connectivity index (χ4n) is 1.85. The molecule has 2 nitrogen and oxygen atoms in total. The second kappa shape index (κ2) is 3.21. The minimum Gasteiger partial charge on any atom is -0.411 e. The van der Waals surface area contributed by atoms with Gasteiger partial charge in [0.2, 0.25) is 0 Å².